The van der Waals surface area contributed by atoms with Gasteiger partial charge in [0.25, 0.3) is 5.69 Å². The molecule has 4 aromatic rings. The summed E-state index contributed by atoms with van der Waals surface area (Å²) in [5.74, 6) is 1.02. The van der Waals surface area contributed by atoms with Crippen molar-refractivity contribution in [3.05, 3.63) is 99.9 Å². The summed E-state index contributed by atoms with van der Waals surface area (Å²) in [5.41, 5.74) is 2.98. The van der Waals surface area contributed by atoms with Gasteiger partial charge in [-0.25, -0.2) is 0 Å². The molecule has 0 aliphatic carbocycles. The number of nitrogens with one attached hydrogen (secondary N) is 1. The van der Waals surface area contributed by atoms with Gasteiger partial charge in [-0.2, -0.15) is 0 Å². The molecule has 9 nitrogen and oxygen atoms in total. The second-order valence-electron chi connectivity index (χ2n) is 8.18. The molecule has 0 fully saturated rings. The Bertz CT molecular complexity index is 1390. The highest BCUT2D eigenvalue weighted by Gasteiger charge is 2.22. The van der Waals surface area contributed by atoms with Crippen molar-refractivity contribution < 1.29 is 14.5 Å². The number of benzene rings is 3. The lowest BCUT2D eigenvalue weighted by atomic mass is 10.2. The van der Waals surface area contributed by atoms with Crippen LogP contribution in [0.3, 0.4) is 0 Å². The Morgan fingerprint density at radius 2 is 1.86 bits per heavy atom. The first-order valence-electron chi connectivity index (χ1n) is 11.2. The van der Waals surface area contributed by atoms with E-state index >= 15 is 0 Å². The Morgan fingerprint density at radius 3 is 2.58 bits per heavy atom. The molecule has 10 heteroatoms. The molecule has 3 aromatic carbocycles. The van der Waals surface area contributed by atoms with E-state index in [-0.39, 0.29) is 18.2 Å². The lowest BCUT2D eigenvalue weighted by molar-refractivity contribution is -0.384. The first kappa shape index (κ1) is 24.9. The number of aromatic nitrogens is 3. The summed E-state index contributed by atoms with van der Waals surface area (Å²) in [5, 5.41) is 22.6. The highest BCUT2D eigenvalue weighted by atomic mass is 32.2. The van der Waals surface area contributed by atoms with E-state index in [4.69, 9.17) is 4.74 Å². The lowest BCUT2D eigenvalue weighted by Crippen LogP contribution is -2.23. The minimum absolute atomic E-state index is 0.0849. The average Bonchev–Trinajstić information content (AvgIpc) is 3.26. The Kier molecular flexibility index (Phi) is 7.65. The molecule has 4 rings (SSSR count). The van der Waals surface area contributed by atoms with Crippen LogP contribution in [0, 0.1) is 24.0 Å². The van der Waals surface area contributed by atoms with Crippen LogP contribution in [0.15, 0.2) is 78.0 Å². The maximum absolute atomic E-state index is 13.0. The molecule has 1 N–H and O–H groups in total. The van der Waals surface area contributed by atoms with Crippen LogP contribution in [0.2, 0.25) is 0 Å². The van der Waals surface area contributed by atoms with Crippen molar-refractivity contribution >= 4 is 29.0 Å². The number of non-ortho nitro benzene ring substituents is 1. The molecule has 1 amide bonds. The molecule has 0 saturated heterocycles. The Hall–Kier alpha value is -4.18. The number of amides is 1. The standard InChI is InChI=1S/C26H25N5O4S/c1-17-8-7-11-22(14-17)35-16-24-28-29-26(30(24)20-9-5-4-6-10-20)36-19(3)25(32)27-23-15-21(31(33)34)13-12-18(23)2/h4-15,19H,16H2,1-3H3,(H,27,32). The Morgan fingerprint density at radius 1 is 1.08 bits per heavy atom. The summed E-state index contributed by atoms with van der Waals surface area (Å²) >= 11 is 1.24. The second kappa shape index (κ2) is 11.0. The molecule has 1 heterocycles. The van der Waals surface area contributed by atoms with Crippen molar-refractivity contribution in [1.29, 1.82) is 0 Å². The van der Waals surface area contributed by atoms with Crippen LogP contribution < -0.4 is 10.1 Å². The zero-order chi connectivity index (χ0) is 25.7. The number of ether oxygens (including phenoxy) is 1. The molecule has 1 atom stereocenters. The number of nitro benzene ring substituents is 1. The summed E-state index contributed by atoms with van der Waals surface area (Å²) < 4.78 is 7.82. The number of nitro groups is 1. The summed E-state index contributed by atoms with van der Waals surface area (Å²) in [6, 6.07) is 21.7. The first-order chi connectivity index (χ1) is 17.3. The predicted octanol–water partition coefficient (Wildman–Crippen LogP) is 5.49. The van der Waals surface area contributed by atoms with Gasteiger partial charge < -0.3 is 10.1 Å². The lowest BCUT2D eigenvalue weighted by Gasteiger charge is -2.15. The molecule has 0 spiro atoms. The van der Waals surface area contributed by atoms with Crippen molar-refractivity contribution in [3.8, 4) is 11.4 Å². The molecule has 1 aromatic heterocycles. The zero-order valence-corrected chi connectivity index (χ0v) is 20.9. The highest BCUT2D eigenvalue weighted by Crippen LogP contribution is 2.28. The van der Waals surface area contributed by atoms with Gasteiger partial charge in [-0.15, -0.1) is 10.2 Å². The summed E-state index contributed by atoms with van der Waals surface area (Å²) in [4.78, 5) is 23.6. The van der Waals surface area contributed by atoms with Crippen molar-refractivity contribution in [2.24, 2.45) is 0 Å². The molecule has 0 bridgehead atoms. The fourth-order valence-electron chi connectivity index (χ4n) is 3.46. The molecule has 0 aliphatic rings. The minimum Gasteiger partial charge on any atom is -0.486 e. The molecule has 36 heavy (non-hydrogen) atoms. The van der Waals surface area contributed by atoms with Crippen LogP contribution in [0.5, 0.6) is 5.75 Å². The topological polar surface area (TPSA) is 112 Å². The minimum atomic E-state index is -0.555. The molecule has 0 saturated carbocycles. The number of rotatable bonds is 9. The van der Waals surface area contributed by atoms with Gasteiger partial charge in [0, 0.05) is 17.8 Å². The van der Waals surface area contributed by atoms with Gasteiger partial charge in [0.15, 0.2) is 11.0 Å². The number of para-hydroxylation sites is 1. The van der Waals surface area contributed by atoms with E-state index in [1.165, 1.54) is 23.9 Å². The largest absolute Gasteiger partial charge is 0.486 e. The number of carbonyl (C=O) groups excluding carboxylic acids is 1. The molecule has 0 aliphatic heterocycles. The predicted molar refractivity (Wildman–Crippen MR) is 139 cm³/mol. The molecule has 0 radical (unpaired) electrons. The van der Waals surface area contributed by atoms with E-state index in [2.05, 4.69) is 15.5 Å². The van der Waals surface area contributed by atoms with Gasteiger partial charge in [0.2, 0.25) is 5.91 Å². The Labute approximate surface area is 212 Å². The van der Waals surface area contributed by atoms with Crippen molar-refractivity contribution in [1.82, 2.24) is 14.8 Å². The zero-order valence-electron chi connectivity index (χ0n) is 20.0. The number of anilines is 1. The van der Waals surface area contributed by atoms with Crippen molar-refractivity contribution in [2.75, 3.05) is 5.32 Å². The van der Waals surface area contributed by atoms with E-state index in [1.807, 2.05) is 66.1 Å². The number of carbonyl (C=O) groups is 1. The van der Waals surface area contributed by atoms with Crippen LogP contribution in [0.25, 0.3) is 5.69 Å². The second-order valence-corrected chi connectivity index (χ2v) is 9.49. The van der Waals surface area contributed by atoms with Crippen LogP contribution >= 0.6 is 11.8 Å². The monoisotopic (exact) mass is 503 g/mol. The number of hydrogen-bond donors (Lipinski definition) is 1. The van der Waals surface area contributed by atoms with E-state index in [0.29, 0.717) is 16.7 Å². The molecular weight excluding hydrogens is 478 g/mol. The van der Waals surface area contributed by atoms with E-state index in [1.54, 1.807) is 19.9 Å². The van der Waals surface area contributed by atoms with E-state index in [0.717, 1.165) is 22.6 Å². The number of hydrogen-bond acceptors (Lipinski definition) is 7. The quantitative estimate of drug-likeness (QED) is 0.183. The molecule has 184 valence electrons. The van der Waals surface area contributed by atoms with Gasteiger partial charge >= 0.3 is 0 Å². The van der Waals surface area contributed by atoms with Gasteiger partial charge in [0.05, 0.1) is 15.9 Å². The molecule has 1 unspecified atom stereocenters. The summed E-state index contributed by atoms with van der Waals surface area (Å²) in [6.45, 7) is 5.72. The van der Waals surface area contributed by atoms with Gasteiger partial charge in [0.1, 0.15) is 12.4 Å². The maximum Gasteiger partial charge on any atom is 0.271 e. The van der Waals surface area contributed by atoms with Crippen LogP contribution in [-0.4, -0.2) is 30.8 Å². The SMILES string of the molecule is Cc1cccc(OCc2nnc(SC(C)C(=O)Nc3cc([N+](=O)[O-])ccc3C)n2-c2ccccc2)c1. The van der Waals surface area contributed by atoms with Crippen LogP contribution in [0.4, 0.5) is 11.4 Å². The highest BCUT2D eigenvalue weighted by molar-refractivity contribution is 8.00. The van der Waals surface area contributed by atoms with E-state index < -0.39 is 10.2 Å². The fraction of sp³-hybridized carbons (Fsp3) is 0.192. The van der Waals surface area contributed by atoms with Crippen molar-refractivity contribution in [2.45, 2.75) is 37.8 Å². The number of nitrogens with zero attached hydrogens (tertiary/aromatic N) is 4. The number of thioether (sulfide) groups is 1. The summed E-state index contributed by atoms with van der Waals surface area (Å²) in [6.07, 6.45) is 0. The normalized spacial score (nSPS) is 11.6. The fourth-order valence-corrected chi connectivity index (χ4v) is 4.35. The summed E-state index contributed by atoms with van der Waals surface area (Å²) in [7, 11) is 0. The average molecular weight is 504 g/mol. The smallest absolute Gasteiger partial charge is 0.271 e. The van der Waals surface area contributed by atoms with Gasteiger partial charge in [-0.3, -0.25) is 19.5 Å². The third-order valence-corrected chi connectivity index (χ3v) is 6.46. The number of aryl methyl sites for hydroxylation is 2. The first-order valence-corrected chi connectivity index (χ1v) is 12.1. The van der Waals surface area contributed by atoms with Crippen LogP contribution in [0.1, 0.15) is 23.9 Å². The van der Waals surface area contributed by atoms with Gasteiger partial charge in [-0.05, 0) is 56.2 Å². The maximum atomic E-state index is 13.0. The van der Waals surface area contributed by atoms with Gasteiger partial charge in [-0.1, -0.05) is 48.2 Å². The third kappa shape index (κ3) is 5.89. The Balaban J connectivity index is 1.54. The third-order valence-electron chi connectivity index (χ3n) is 5.41. The molecular formula is C26H25N5O4S. The van der Waals surface area contributed by atoms with E-state index in [9.17, 15) is 14.9 Å². The van der Waals surface area contributed by atoms with Crippen molar-refractivity contribution in [3.63, 3.8) is 0 Å². The van der Waals surface area contributed by atoms with Crippen LogP contribution in [-0.2, 0) is 11.4 Å².